The molecule has 1 amide bonds. The number of nitrogens with one attached hydrogen (secondary N) is 2. The molecule has 0 aromatic heterocycles. The van der Waals surface area contributed by atoms with Gasteiger partial charge in [-0.3, -0.25) is 19.6 Å². The van der Waals surface area contributed by atoms with Crippen molar-refractivity contribution in [3.05, 3.63) is 81.4 Å². The van der Waals surface area contributed by atoms with Crippen molar-refractivity contribution in [3.8, 4) is 11.5 Å². The molecule has 152 valence electrons. The highest BCUT2D eigenvalue weighted by atomic mass is 35.5. The Hall–Kier alpha value is -3.63. The summed E-state index contributed by atoms with van der Waals surface area (Å²) in [5.74, 6) is 0.0553. The number of hydrogen-bond donors (Lipinski definition) is 2. The second kappa shape index (κ2) is 7.32. The summed E-state index contributed by atoms with van der Waals surface area (Å²) >= 11 is 5.95. The molecule has 0 atom stereocenters. The van der Waals surface area contributed by atoms with Gasteiger partial charge in [-0.2, -0.15) is 0 Å². The molecule has 3 aromatic rings. The number of amides is 1. The van der Waals surface area contributed by atoms with Crippen molar-refractivity contribution in [2.75, 3.05) is 10.0 Å². The van der Waals surface area contributed by atoms with Crippen LogP contribution in [0.15, 0.2) is 65.6 Å². The van der Waals surface area contributed by atoms with Crippen LogP contribution in [0.5, 0.6) is 11.5 Å². The number of halogens is 1. The molecule has 0 aliphatic carbocycles. The minimum Gasteiger partial charge on any atom is -0.454 e. The molecule has 0 spiro atoms. The van der Waals surface area contributed by atoms with Crippen LogP contribution in [0.3, 0.4) is 0 Å². The lowest BCUT2D eigenvalue weighted by Crippen LogP contribution is -2.16. The molecule has 0 bridgehead atoms. The highest BCUT2D eigenvalue weighted by molar-refractivity contribution is 7.92. The molecule has 0 unspecified atom stereocenters. The van der Waals surface area contributed by atoms with Crippen molar-refractivity contribution in [1.29, 1.82) is 0 Å². The normalized spacial score (nSPS) is 12.6. The van der Waals surface area contributed by atoms with E-state index in [1.54, 1.807) is 12.1 Å². The average molecular weight is 446 g/mol. The quantitative estimate of drug-likeness (QED) is 0.452. The zero-order valence-corrected chi connectivity index (χ0v) is 16.5. The Morgan fingerprint density at radius 3 is 2.53 bits per heavy atom. The van der Waals surface area contributed by atoms with Crippen molar-refractivity contribution in [1.82, 2.24) is 0 Å². The van der Waals surface area contributed by atoms with Crippen LogP contribution in [0, 0.1) is 10.1 Å². The van der Waals surface area contributed by atoms with E-state index in [0.29, 0.717) is 16.5 Å². The summed E-state index contributed by atoms with van der Waals surface area (Å²) in [4.78, 5) is 22.5. The van der Waals surface area contributed by atoms with Gasteiger partial charge in [0.05, 0.1) is 16.2 Å². The number of anilines is 2. The molecule has 0 saturated carbocycles. The Bertz CT molecular complexity index is 1310. The lowest BCUT2D eigenvalue weighted by molar-refractivity contribution is -0.387. The molecule has 3 aromatic carbocycles. The molecule has 30 heavy (non-hydrogen) atoms. The number of para-hydroxylation sites is 1. The first-order valence-corrected chi connectivity index (χ1v) is 10.3. The number of nitro benzene ring substituents is 1. The molecule has 2 N–H and O–H groups in total. The first kappa shape index (κ1) is 19.7. The number of nitro groups is 1. The van der Waals surface area contributed by atoms with Gasteiger partial charge < -0.3 is 10.1 Å². The van der Waals surface area contributed by atoms with E-state index in [9.17, 15) is 23.3 Å². The van der Waals surface area contributed by atoms with Gasteiger partial charge in [0.15, 0.2) is 10.6 Å². The monoisotopic (exact) mass is 445 g/mol. The van der Waals surface area contributed by atoms with Gasteiger partial charge in [0.25, 0.3) is 21.6 Å². The van der Waals surface area contributed by atoms with Gasteiger partial charge in [0.2, 0.25) is 0 Å². The molecular formula is C19H12ClN3O6S. The molecule has 0 radical (unpaired) electrons. The first-order valence-electron chi connectivity index (χ1n) is 8.44. The Labute approximate surface area is 175 Å². The van der Waals surface area contributed by atoms with Crippen LogP contribution in [-0.4, -0.2) is 19.2 Å². The molecular weight excluding hydrogens is 434 g/mol. The molecule has 1 aliphatic rings. The molecule has 1 heterocycles. The predicted molar refractivity (Wildman–Crippen MR) is 110 cm³/mol. The molecule has 0 saturated heterocycles. The Morgan fingerprint density at radius 2 is 1.77 bits per heavy atom. The van der Waals surface area contributed by atoms with Crippen molar-refractivity contribution < 1.29 is 22.9 Å². The van der Waals surface area contributed by atoms with E-state index < -0.39 is 31.4 Å². The van der Waals surface area contributed by atoms with E-state index in [1.165, 1.54) is 36.4 Å². The Morgan fingerprint density at radius 1 is 1.03 bits per heavy atom. The fourth-order valence-corrected chi connectivity index (χ4v) is 4.30. The van der Waals surface area contributed by atoms with Crippen LogP contribution in [0.2, 0.25) is 5.02 Å². The summed E-state index contributed by atoms with van der Waals surface area (Å²) in [7, 11) is -4.28. The van der Waals surface area contributed by atoms with Gasteiger partial charge in [0, 0.05) is 16.8 Å². The summed E-state index contributed by atoms with van der Waals surface area (Å²) in [5.41, 5.74) is -0.0846. The average Bonchev–Trinajstić information content (AvgIpc) is 2.83. The molecule has 11 heteroatoms. The number of hydrogen-bond acceptors (Lipinski definition) is 6. The van der Waals surface area contributed by atoms with E-state index >= 15 is 0 Å². The summed E-state index contributed by atoms with van der Waals surface area (Å²) < 4.78 is 33.4. The molecule has 0 fully saturated rings. The number of rotatable bonds is 4. The lowest BCUT2D eigenvalue weighted by Gasteiger charge is -2.11. The number of carbonyl (C=O) groups excluding carboxylic acids is 1. The van der Waals surface area contributed by atoms with E-state index in [4.69, 9.17) is 16.3 Å². The minimum absolute atomic E-state index is 0.0367. The maximum atomic E-state index is 12.7. The van der Waals surface area contributed by atoms with E-state index in [0.717, 1.165) is 12.1 Å². The van der Waals surface area contributed by atoms with Gasteiger partial charge in [0.1, 0.15) is 5.75 Å². The maximum absolute atomic E-state index is 12.7. The third-order valence-corrected chi connectivity index (χ3v) is 5.90. The maximum Gasteiger partial charge on any atom is 0.289 e. The van der Waals surface area contributed by atoms with Gasteiger partial charge in [-0.15, -0.1) is 0 Å². The van der Waals surface area contributed by atoms with Crippen LogP contribution in [0.1, 0.15) is 10.4 Å². The third-order valence-electron chi connectivity index (χ3n) is 4.24. The van der Waals surface area contributed by atoms with Crippen molar-refractivity contribution >= 4 is 44.6 Å². The van der Waals surface area contributed by atoms with E-state index in [2.05, 4.69) is 10.0 Å². The van der Waals surface area contributed by atoms with Gasteiger partial charge in [-0.25, -0.2) is 8.42 Å². The Balaban J connectivity index is 1.69. The topological polar surface area (TPSA) is 128 Å². The number of fused-ring (bicyclic) bond motifs is 2. The number of sulfonamides is 1. The van der Waals surface area contributed by atoms with Crippen LogP contribution >= 0.6 is 11.6 Å². The summed E-state index contributed by atoms with van der Waals surface area (Å²) in [6, 6.07) is 13.8. The number of nitrogens with zero attached hydrogens (tertiary/aromatic N) is 1. The molecule has 1 aliphatic heterocycles. The highest BCUT2D eigenvalue weighted by Crippen LogP contribution is 2.38. The largest absolute Gasteiger partial charge is 0.454 e. The zero-order chi connectivity index (χ0) is 21.5. The van der Waals surface area contributed by atoms with Crippen molar-refractivity contribution in [3.63, 3.8) is 0 Å². The second-order valence-electron chi connectivity index (χ2n) is 6.24. The zero-order valence-electron chi connectivity index (χ0n) is 15.0. The summed E-state index contributed by atoms with van der Waals surface area (Å²) in [6.45, 7) is 0. The predicted octanol–water partition coefficient (Wildman–Crippen LogP) is 4.41. The highest BCUT2D eigenvalue weighted by Gasteiger charge is 2.27. The number of carbonyl (C=O) groups is 1. The number of benzene rings is 3. The first-order chi connectivity index (χ1) is 14.2. The lowest BCUT2D eigenvalue weighted by atomic mass is 10.1. The van der Waals surface area contributed by atoms with Crippen molar-refractivity contribution in [2.45, 2.75) is 4.90 Å². The van der Waals surface area contributed by atoms with Crippen LogP contribution in [-0.2, 0) is 10.0 Å². The van der Waals surface area contributed by atoms with Gasteiger partial charge in [-0.1, -0.05) is 23.7 Å². The standard InChI is InChI=1S/C19H12ClN3O6S/c20-11-5-7-17-14(9-11)21-19(24)13-10-12(6-8-16(13)29-17)22-30(27,28)18-4-2-1-3-15(18)23(25)26/h1-10,22H,(H,21,24). The third kappa shape index (κ3) is 3.65. The van der Waals surface area contributed by atoms with Gasteiger partial charge in [-0.05, 0) is 42.5 Å². The second-order valence-corrected chi connectivity index (χ2v) is 8.33. The SMILES string of the molecule is O=C1Nc2cc(Cl)ccc2Oc2ccc(NS(=O)(=O)c3ccccc3[N+](=O)[O-])cc21. The minimum atomic E-state index is -4.28. The fourth-order valence-electron chi connectivity index (χ4n) is 2.90. The van der Waals surface area contributed by atoms with E-state index in [-0.39, 0.29) is 17.0 Å². The summed E-state index contributed by atoms with van der Waals surface area (Å²) in [5, 5.41) is 14.2. The van der Waals surface area contributed by atoms with Crippen LogP contribution in [0.4, 0.5) is 17.1 Å². The molecule has 4 rings (SSSR count). The molecule has 9 nitrogen and oxygen atoms in total. The number of ether oxygens (including phenoxy) is 1. The fraction of sp³-hybridized carbons (Fsp3) is 0. The summed E-state index contributed by atoms with van der Waals surface area (Å²) in [6.07, 6.45) is 0. The van der Waals surface area contributed by atoms with Crippen molar-refractivity contribution in [2.24, 2.45) is 0 Å². The van der Waals surface area contributed by atoms with Gasteiger partial charge >= 0.3 is 0 Å². The van der Waals surface area contributed by atoms with Crippen LogP contribution < -0.4 is 14.8 Å². The Kier molecular flexibility index (Phi) is 4.80. The van der Waals surface area contributed by atoms with E-state index in [1.807, 2.05) is 0 Å². The smallest absolute Gasteiger partial charge is 0.289 e. The van der Waals surface area contributed by atoms with Crippen LogP contribution in [0.25, 0.3) is 0 Å².